The highest BCUT2D eigenvalue weighted by Gasteiger charge is 2.44. The number of rotatable bonds is 10. The molecule has 3 amide bonds. The number of aromatic nitrogens is 4. The normalized spacial score (nSPS) is 23.9. The molecule has 6 atom stereocenters. The lowest BCUT2D eigenvalue weighted by molar-refractivity contribution is -0.129. The van der Waals surface area contributed by atoms with Crippen molar-refractivity contribution in [1.82, 2.24) is 30.2 Å². The van der Waals surface area contributed by atoms with Crippen molar-refractivity contribution in [3.63, 3.8) is 0 Å². The van der Waals surface area contributed by atoms with Gasteiger partial charge in [-0.3, -0.25) is 14.7 Å². The van der Waals surface area contributed by atoms with Gasteiger partial charge in [0.05, 0.1) is 38.9 Å². The van der Waals surface area contributed by atoms with E-state index in [4.69, 9.17) is 4.74 Å². The second kappa shape index (κ2) is 11.4. The summed E-state index contributed by atoms with van der Waals surface area (Å²) in [6, 6.07) is -2.54. The Balaban J connectivity index is 1.77. The van der Waals surface area contributed by atoms with Gasteiger partial charge in [0.25, 0.3) is 0 Å². The summed E-state index contributed by atoms with van der Waals surface area (Å²) in [6.07, 6.45) is -4.03. The molecule has 0 bridgehead atoms. The van der Waals surface area contributed by atoms with Gasteiger partial charge < -0.3 is 51.1 Å². The van der Waals surface area contributed by atoms with E-state index < -0.39 is 80.6 Å². The highest BCUT2D eigenvalue weighted by molar-refractivity contribution is 5.98. The van der Waals surface area contributed by atoms with Crippen LogP contribution in [0, 0.1) is 0 Å². The van der Waals surface area contributed by atoms with Gasteiger partial charge in [0.15, 0.2) is 23.2 Å². The molecule has 200 valence electrons. The van der Waals surface area contributed by atoms with Crippen LogP contribution in [0.2, 0.25) is 0 Å². The van der Waals surface area contributed by atoms with Gasteiger partial charge in [-0.1, -0.05) is 0 Å². The zero-order valence-electron chi connectivity index (χ0n) is 19.1. The Hall–Kier alpha value is -3.03. The maximum absolute atomic E-state index is 12.6. The second-order valence-electron chi connectivity index (χ2n) is 8.34. The number of hydrogen-bond donors (Lipinski definition) is 10. The fourth-order valence-electron chi connectivity index (χ4n) is 3.54. The minimum Gasteiger partial charge on any atom is -0.394 e. The number of amides is 3. The maximum atomic E-state index is 12.6. The summed E-state index contributed by atoms with van der Waals surface area (Å²) in [6.45, 7) is -1.73. The standard InChI is InChI=1S/C19H29N7O10/c1-8(31)10(16(34)25-19(3-28,4-29)5-30)23-18(35)24-14-11-15(21-6-20-14)26(7-22-11)17-13(33)12(32)9(2-27)36-17/h6-10,12-13,17,27-33H,2-5H2,1H3,(H,25,34)(H2,20,21,23,24,35). The van der Waals surface area contributed by atoms with Crippen molar-refractivity contribution in [3.8, 4) is 0 Å². The number of nitrogens with one attached hydrogen (secondary N) is 3. The quantitative estimate of drug-likeness (QED) is 0.142. The number of aliphatic hydroxyl groups excluding tert-OH is 7. The molecule has 3 rings (SSSR count). The molecule has 17 heteroatoms. The van der Waals surface area contributed by atoms with Crippen molar-refractivity contribution in [2.24, 2.45) is 0 Å². The van der Waals surface area contributed by atoms with Crippen LogP contribution in [-0.4, -0.2) is 130 Å². The first-order valence-electron chi connectivity index (χ1n) is 10.8. The number of urea groups is 1. The van der Waals surface area contributed by atoms with E-state index in [9.17, 15) is 45.3 Å². The zero-order chi connectivity index (χ0) is 26.6. The Morgan fingerprint density at radius 3 is 2.33 bits per heavy atom. The third kappa shape index (κ3) is 5.37. The fourth-order valence-corrected chi connectivity index (χ4v) is 3.54. The Bertz CT molecular complexity index is 1050. The van der Waals surface area contributed by atoms with E-state index in [1.165, 1.54) is 17.8 Å². The minimum atomic E-state index is -1.77. The summed E-state index contributed by atoms with van der Waals surface area (Å²) in [5, 5.41) is 74.5. The lowest BCUT2D eigenvalue weighted by atomic mass is 10.0. The molecule has 2 aromatic rings. The number of aliphatic hydroxyl groups is 7. The Morgan fingerprint density at radius 1 is 1.11 bits per heavy atom. The van der Waals surface area contributed by atoms with Crippen LogP contribution in [0.15, 0.2) is 12.7 Å². The van der Waals surface area contributed by atoms with E-state index in [1.54, 1.807) is 0 Å². The van der Waals surface area contributed by atoms with Crippen LogP contribution in [0.4, 0.5) is 10.6 Å². The number of fused-ring (bicyclic) bond motifs is 1. The third-order valence-electron chi connectivity index (χ3n) is 5.73. The van der Waals surface area contributed by atoms with Gasteiger partial charge >= 0.3 is 6.03 Å². The fraction of sp³-hybridized carbons (Fsp3) is 0.632. The van der Waals surface area contributed by atoms with Gasteiger partial charge in [0, 0.05) is 0 Å². The van der Waals surface area contributed by atoms with Crippen molar-refractivity contribution < 1.29 is 50.1 Å². The number of hydrogen-bond acceptors (Lipinski definition) is 13. The van der Waals surface area contributed by atoms with Crippen molar-refractivity contribution >= 4 is 28.9 Å². The van der Waals surface area contributed by atoms with E-state index in [0.29, 0.717) is 0 Å². The molecule has 0 aliphatic carbocycles. The van der Waals surface area contributed by atoms with Gasteiger partial charge in [-0.25, -0.2) is 19.7 Å². The van der Waals surface area contributed by atoms with E-state index >= 15 is 0 Å². The van der Waals surface area contributed by atoms with Crippen molar-refractivity contribution in [2.75, 3.05) is 31.7 Å². The topological polar surface area (TPSA) is 265 Å². The highest BCUT2D eigenvalue weighted by Crippen LogP contribution is 2.32. The van der Waals surface area contributed by atoms with Crippen molar-refractivity contribution in [3.05, 3.63) is 12.7 Å². The van der Waals surface area contributed by atoms with E-state index in [-0.39, 0.29) is 17.0 Å². The molecule has 17 nitrogen and oxygen atoms in total. The summed E-state index contributed by atoms with van der Waals surface area (Å²) in [4.78, 5) is 37.3. The minimum absolute atomic E-state index is 0.0586. The molecular formula is C19H29N7O10. The molecule has 6 unspecified atom stereocenters. The molecule has 0 spiro atoms. The van der Waals surface area contributed by atoms with Crippen LogP contribution < -0.4 is 16.0 Å². The molecule has 10 N–H and O–H groups in total. The molecule has 0 saturated carbocycles. The monoisotopic (exact) mass is 515 g/mol. The van der Waals surface area contributed by atoms with Gasteiger partial charge in [-0.05, 0) is 6.92 Å². The molecule has 1 saturated heterocycles. The molecule has 2 aromatic heterocycles. The number of anilines is 1. The zero-order valence-corrected chi connectivity index (χ0v) is 19.1. The van der Waals surface area contributed by atoms with Crippen molar-refractivity contribution in [1.29, 1.82) is 0 Å². The van der Waals surface area contributed by atoms with Crippen LogP contribution >= 0.6 is 0 Å². The van der Waals surface area contributed by atoms with Crippen LogP contribution in [-0.2, 0) is 9.53 Å². The Labute approximate surface area is 203 Å². The predicted molar refractivity (Wildman–Crippen MR) is 118 cm³/mol. The van der Waals surface area contributed by atoms with Crippen LogP contribution in [0.25, 0.3) is 11.2 Å². The van der Waals surface area contributed by atoms with Crippen molar-refractivity contribution in [2.45, 2.75) is 49.1 Å². The van der Waals surface area contributed by atoms with E-state index in [1.807, 2.05) is 0 Å². The summed E-state index contributed by atoms with van der Waals surface area (Å²) < 4.78 is 6.75. The molecule has 0 aromatic carbocycles. The van der Waals surface area contributed by atoms with Gasteiger partial charge in [0.2, 0.25) is 5.91 Å². The summed E-state index contributed by atoms with van der Waals surface area (Å²) in [5.74, 6) is -1.10. The number of ether oxygens (including phenoxy) is 1. The van der Waals surface area contributed by atoms with E-state index in [0.717, 1.165) is 6.33 Å². The second-order valence-corrected chi connectivity index (χ2v) is 8.34. The molecular weight excluding hydrogens is 486 g/mol. The first kappa shape index (κ1) is 27.6. The number of carbonyl (C=O) groups excluding carboxylic acids is 2. The molecule has 1 aliphatic heterocycles. The largest absolute Gasteiger partial charge is 0.394 e. The molecule has 0 radical (unpaired) electrons. The number of imidazole rings is 1. The Kier molecular flexibility index (Phi) is 8.69. The first-order chi connectivity index (χ1) is 17.1. The predicted octanol–water partition coefficient (Wildman–Crippen LogP) is -4.86. The summed E-state index contributed by atoms with van der Waals surface area (Å²) >= 11 is 0. The lowest BCUT2D eigenvalue weighted by Gasteiger charge is -2.31. The number of carbonyl (C=O) groups is 2. The van der Waals surface area contributed by atoms with Gasteiger partial charge in [-0.2, -0.15) is 0 Å². The van der Waals surface area contributed by atoms with Crippen LogP contribution in [0.5, 0.6) is 0 Å². The molecule has 3 heterocycles. The lowest BCUT2D eigenvalue weighted by Crippen LogP contribution is -2.63. The van der Waals surface area contributed by atoms with Gasteiger partial charge in [-0.15, -0.1) is 0 Å². The molecule has 36 heavy (non-hydrogen) atoms. The third-order valence-corrected chi connectivity index (χ3v) is 5.73. The Morgan fingerprint density at radius 2 is 1.78 bits per heavy atom. The van der Waals surface area contributed by atoms with Gasteiger partial charge in [0.1, 0.15) is 36.2 Å². The molecule has 1 aliphatic rings. The highest BCUT2D eigenvalue weighted by atomic mass is 16.6. The van der Waals surface area contributed by atoms with E-state index in [2.05, 4.69) is 30.9 Å². The summed E-state index contributed by atoms with van der Waals surface area (Å²) in [5.41, 5.74) is -1.61. The molecule has 1 fully saturated rings. The summed E-state index contributed by atoms with van der Waals surface area (Å²) in [7, 11) is 0. The smallest absolute Gasteiger partial charge is 0.321 e. The number of nitrogens with zero attached hydrogens (tertiary/aromatic N) is 4. The SMILES string of the molecule is CC(O)C(NC(=O)Nc1ncnc2c1ncn2C1OC(CO)C(O)C1O)C(=O)NC(CO)(CO)CO. The average Bonchev–Trinajstić information content (AvgIpc) is 3.42. The maximum Gasteiger partial charge on any atom is 0.321 e. The van der Waals surface area contributed by atoms with Crippen LogP contribution in [0.3, 0.4) is 0 Å². The average molecular weight is 515 g/mol. The first-order valence-corrected chi connectivity index (χ1v) is 10.8. The van der Waals surface area contributed by atoms with Crippen LogP contribution in [0.1, 0.15) is 13.2 Å².